The number of anilines is 1. The molecule has 0 aliphatic heterocycles. The topological polar surface area (TPSA) is 71.5 Å². The SMILES string of the molecule is [CH3][Sn]([CH3])([CH3])[c]1cc(Oc2ccc(NC(=O)O)c(F)c2)ccn1. The van der Waals surface area contributed by atoms with E-state index in [1.165, 1.54) is 12.1 Å². The molecule has 1 aromatic heterocycles. The molecular weight excluding hydrogens is 394 g/mol. The summed E-state index contributed by atoms with van der Waals surface area (Å²) >= 11 is -2.30. The van der Waals surface area contributed by atoms with Crippen molar-refractivity contribution in [1.29, 1.82) is 0 Å². The first-order valence-corrected chi connectivity index (χ1v) is 16.7. The van der Waals surface area contributed by atoms with Gasteiger partial charge in [-0.15, -0.1) is 0 Å². The Morgan fingerprint density at radius 2 is 1.91 bits per heavy atom. The maximum atomic E-state index is 13.8. The van der Waals surface area contributed by atoms with Crippen LogP contribution in [0.15, 0.2) is 36.5 Å². The van der Waals surface area contributed by atoms with Gasteiger partial charge in [0.25, 0.3) is 0 Å². The zero-order valence-electron chi connectivity index (χ0n) is 12.6. The predicted molar refractivity (Wildman–Crippen MR) is 85.3 cm³/mol. The van der Waals surface area contributed by atoms with Crippen LogP contribution in [0.25, 0.3) is 0 Å². The summed E-state index contributed by atoms with van der Waals surface area (Å²) in [5, 5.41) is 10.6. The Morgan fingerprint density at radius 3 is 2.50 bits per heavy atom. The molecule has 0 aliphatic rings. The molecule has 0 atom stereocenters. The molecule has 0 aliphatic carbocycles. The van der Waals surface area contributed by atoms with Crippen molar-refractivity contribution in [1.82, 2.24) is 4.98 Å². The molecule has 0 saturated heterocycles. The summed E-state index contributed by atoms with van der Waals surface area (Å²) in [6.07, 6.45) is 0.368. The van der Waals surface area contributed by atoms with Crippen LogP contribution in [-0.4, -0.2) is 34.6 Å². The Balaban J connectivity index is 2.21. The number of nitrogens with one attached hydrogen (secondary N) is 1. The fraction of sp³-hybridized carbons (Fsp3) is 0.200. The molecule has 116 valence electrons. The fourth-order valence-corrected chi connectivity index (χ4v) is 4.76. The van der Waals surface area contributed by atoms with Gasteiger partial charge in [0, 0.05) is 0 Å². The van der Waals surface area contributed by atoms with E-state index in [1.54, 1.807) is 12.3 Å². The van der Waals surface area contributed by atoms with Crippen LogP contribution in [0.5, 0.6) is 11.5 Å². The summed E-state index contributed by atoms with van der Waals surface area (Å²) in [5.74, 6) is 0.203. The molecule has 5 nitrogen and oxygen atoms in total. The quantitative estimate of drug-likeness (QED) is 0.754. The van der Waals surface area contributed by atoms with Gasteiger partial charge in [0.15, 0.2) is 0 Å². The second-order valence-electron chi connectivity index (χ2n) is 5.80. The van der Waals surface area contributed by atoms with Crippen molar-refractivity contribution in [2.75, 3.05) is 5.32 Å². The molecule has 1 amide bonds. The third-order valence-electron chi connectivity index (χ3n) is 2.92. The molecule has 0 bridgehead atoms. The number of benzene rings is 1. The summed E-state index contributed by atoms with van der Waals surface area (Å²) in [5.41, 5.74) is -0.110. The van der Waals surface area contributed by atoms with Crippen molar-refractivity contribution in [3.63, 3.8) is 0 Å². The van der Waals surface area contributed by atoms with Gasteiger partial charge in [0.2, 0.25) is 0 Å². The van der Waals surface area contributed by atoms with Crippen molar-refractivity contribution in [2.24, 2.45) is 0 Å². The number of nitrogens with zero attached hydrogens (tertiary/aromatic N) is 1. The Kier molecular flexibility index (Phi) is 4.90. The van der Waals surface area contributed by atoms with Gasteiger partial charge in [0.1, 0.15) is 0 Å². The third-order valence-corrected chi connectivity index (χ3v) is 8.08. The molecule has 0 saturated carbocycles. The monoisotopic (exact) mass is 412 g/mol. The van der Waals surface area contributed by atoms with Crippen LogP contribution in [0.1, 0.15) is 0 Å². The maximum absolute atomic E-state index is 13.8. The van der Waals surface area contributed by atoms with E-state index >= 15 is 0 Å². The molecule has 1 aromatic carbocycles. The normalized spacial score (nSPS) is 11.1. The van der Waals surface area contributed by atoms with Crippen molar-refractivity contribution in [2.45, 2.75) is 14.8 Å². The van der Waals surface area contributed by atoms with E-state index in [0.717, 1.165) is 9.78 Å². The minimum atomic E-state index is -2.30. The van der Waals surface area contributed by atoms with E-state index in [0.29, 0.717) is 11.5 Å². The van der Waals surface area contributed by atoms with E-state index in [4.69, 9.17) is 9.84 Å². The Hall–Kier alpha value is -1.83. The number of carboxylic acid groups (broad SMARTS) is 1. The average Bonchev–Trinajstić information content (AvgIpc) is 2.41. The van der Waals surface area contributed by atoms with Crippen LogP contribution in [-0.2, 0) is 0 Å². The molecule has 0 radical (unpaired) electrons. The number of ether oxygens (including phenoxy) is 1. The molecule has 2 aromatic rings. The second kappa shape index (κ2) is 6.51. The number of halogens is 1. The van der Waals surface area contributed by atoms with Crippen molar-refractivity contribution in [3.05, 3.63) is 42.3 Å². The van der Waals surface area contributed by atoms with Gasteiger partial charge in [-0.2, -0.15) is 0 Å². The van der Waals surface area contributed by atoms with Crippen LogP contribution in [0.4, 0.5) is 14.9 Å². The van der Waals surface area contributed by atoms with E-state index < -0.39 is 30.3 Å². The van der Waals surface area contributed by atoms with Crippen LogP contribution < -0.4 is 13.8 Å². The van der Waals surface area contributed by atoms with Crippen LogP contribution in [0, 0.1) is 5.82 Å². The van der Waals surface area contributed by atoms with Crippen molar-refractivity contribution < 1.29 is 19.0 Å². The van der Waals surface area contributed by atoms with Gasteiger partial charge in [-0.3, -0.25) is 0 Å². The van der Waals surface area contributed by atoms with E-state index in [1.807, 2.05) is 11.4 Å². The number of hydrogen-bond donors (Lipinski definition) is 2. The van der Waals surface area contributed by atoms with Gasteiger partial charge in [-0.1, -0.05) is 0 Å². The number of pyridine rings is 1. The minimum absolute atomic E-state index is 0.110. The molecular formula is C15H17FN2O3Sn. The Labute approximate surface area is 132 Å². The first-order valence-electron chi connectivity index (χ1n) is 6.69. The van der Waals surface area contributed by atoms with Crippen molar-refractivity contribution >= 4 is 33.9 Å². The molecule has 1 heterocycles. The zero-order chi connectivity index (χ0) is 16.3. The molecule has 7 heteroatoms. The first-order chi connectivity index (χ1) is 10.3. The van der Waals surface area contributed by atoms with E-state index in [2.05, 4.69) is 19.8 Å². The molecule has 0 spiro atoms. The van der Waals surface area contributed by atoms with Crippen molar-refractivity contribution in [3.8, 4) is 11.5 Å². The van der Waals surface area contributed by atoms with Gasteiger partial charge < -0.3 is 0 Å². The van der Waals surface area contributed by atoms with E-state index in [-0.39, 0.29) is 5.69 Å². The number of rotatable bonds is 4. The number of amides is 1. The Morgan fingerprint density at radius 1 is 1.23 bits per heavy atom. The number of aromatic nitrogens is 1. The van der Waals surface area contributed by atoms with Gasteiger partial charge in [-0.05, 0) is 0 Å². The molecule has 2 N–H and O–H groups in total. The Bertz CT molecular complexity index is 701. The average molecular weight is 411 g/mol. The van der Waals surface area contributed by atoms with Crippen LogP contribution >= 0.6 is 0 Å². The zero-order valence-corrected chi connectivity index (χ0v) is 15.4. The summed E-state index contributed by atoms with van der Waals surface area (Å²) in [6.45, 7) is 0. The predicted octanol–water partition coefficient (Wildman–Crippen LogP) is 3.65. The number of hydrogen-bond acceptors (Lipinski definition) is 3. The van der Waals surface area contributed by atoms with Crippen LogP contribution in [0.2, 0.25) is 14.8 Å². The van der Waals surface area contributed by atoms with Gasteiger partial charge >= 0.3 is 132 Å². The summed E-state index contributed by atoms with van der Waals surface area (Å²) in [7, 11) is 0. The second-order valence-corrected chi connectivity index (χ2v) is 20.1. The summed E-state index contributed by atoms with van der Waals surface area (Å²) < 4.78 is 20.5. The molecule has 0 fully saturated rings. The van der Waals surface area contributed by atoms with Gasteiger partial charge in [0.05, 0.1) is 0 Å². The standard InChI is InChI=1S/C12H8FN2O3.3CH3.Sn/c13-10-7-9(1-2-11(10)15-12(16)17)18-8-3-5-14-6-4-8;;;;/h1-5,7,15H,(H,16,17);3*1H3;. The fourth-order valence-electron chi connectivity index (χ4n) is 1.80. The molecule has 22 heavy (non-hydrogen) atoms. The van der Waals surface area contributed by atoms with Gasteiger partial charge in [-0.25, -0.2) is 0 Å². The first kappa shape index (κ1) is 16.5. The number of carbonyl (C=O) groups is 1. The third kappa shape index (κ3) is 4.33. The summed E-state index contributed by atoms with van der Waals surface area (Å²) in [4.78, 5) is 21.6. The summed E-state index contributed by atoms with van der Waals surface area (Å²) in [6, 6.07) is 7.57. The van der Waals surface area contributed by atoms with Crippen LogP contribution in [0.3, 0.4) is 0 Å². The molecule has 0 unspecified atom stereocenters. The molecule has 2 rings (SSSR count). The van der Waals surface area contributed by atoms with E-state index in [9.17, 15) is 9.18 Å².